The lowest BCUT2D eigenvalue weighted by atomic mass is 9.95. The summed E-state index contributed by atoms with van der Waals surface area (Å²) in [6.45, 7) is 4.66. The number of hydrogen-bond donors (Lipinski definition) is 1. The van der Waals surface area contributed by atoms with Crippen LogP contribution in [0.2, 0.25) is 0 Å². The SMILES string of the molecule is CCCCN(C)CC1(c2ccc(N)cc2)CC1. The molecule has 1 aliphatic carbocycles. The second-order valence-electron chi connectivity index (χ2n) is 5.49. The van der Waals surface area contributed by atoms with Crippen LogP contribution >= 0.6 is 0 Å². The van der Waals surface area contributed by atoms with Gasteiger partial charge in [0.1, 0.15) is 0 Å². The Hall–Kier alpha value is -1.02. The average Bonchev–Trinajstić information content (AvgIpc) is 3.08. The number of likely N-dealkylation sites (N-methyl/N-ethyl adjacent to an activating group) is 1. The normalized spacial score (nSPS) is 17.4. The smallest absolute Gasteiger partial charge is 0.0314 e. The lowest BCUT2D eigenvalue weighted by molar-refractivity contribution is 0.297. The van der Waals surface area contributed by atoms with Crippen LogP contribution in [-0.2, 0) is 5.41 Å². The van der Waals surface area contributed by atoms with Crippen molar-refractivity contribution in [3.05, 3.63) is 29.8 Å². The first-order valence-corrected chi connectivity index (χ1v) is 6.71. The molecule has 1 aliphatic rings. The van der Waals surface area contributed by atoms with Gasteiger partial charge in [-0.15, -0.1) is 0 Å². The predicted molar refractivity (Wildman–Crippen MR) is 74.2 cm³/mol. The molecule has 2 nitrogen and oxygen atoms in total. The van der Waals surface area contributed by atoms with Crippen molar-refractivity contribution < 1.29 is 0 Å². The predicted octanol–water partition coefficient (Wildman–Crippen LogP) is 3.03. The van der Waals surface area contributed by atoms with Crippen LogP contribution in [0.15, 0.2) is 24.3 Å². The Morgan fingerprint density at radius 3 is 2.41 bits per heavy atom. The minimum Gasteiger partial charge on any atom is -0.399 e. The molecule has 1 aromatic carbocycles. The van der Waals surface area contributed by atoms with E-state index < -0.39 is 0 Å². The summed E-state index contributed by atoms with van der Waals surface area (Å²) >= 11 is 0. The van der Waals surface area contributed by atoms with Crippen LogP contribution in [-0.4, -0.2) is 25.0 Å². The number of hydrogen-bond acceptors (Lipinski definition) is 2. The molecule has 0 heterocycles. The first-order chi connectivity index (χ1) is 8.16. The number of nitrogen functional groups attached to an aromatic ring is 1. The van der Waals surface area contributed by atoms with Crippen LogP contribution < -0.4 is 5.73 Å². The fraction of sp³-hybridized carbons (Fsp3) is 0.600. The van der Waals surface area contributed by atoms with Crippen molar-refractivity contribution in [2.24, 2.45) is 0 Å². The minimum absolute atomic E-state index is 0.427. The Kier molecular flexibility index (Phi) is 3.72. The van der Waals surface area contributed by atoms with E-state index in [1.165, 1.54) is 44.3 Å². The summed E-state index contributed by atoms with van der Waals surface area (Å²) in [5.41, 5.74) is 8.51. The van der Waals surface area contributed by atoms with Gasteiger partial charge in [0.05, 0.1) is 0 Å². The summed E-state index contributed by atoms with van der Waals surface area (Å²) in [5.74, 6) is 0. The summed E-state index contributed by atoms with van der Waals surface area (Å²) in [6.07, 6.45) is 5.23. The third kappa shape index (κ3) is 3.01. The Bertz CT molecular complexity index is 352. The Morgan fingerprint density at radius 1 is 1.24 bits per heavy atom. The van der Waals surface area contributed by atoms with Gasteiger partial charge >= 0.3 is 0 Å². The molecule has 2 rings (SSSR count). The number of unbranched alkanes of at least 4 members (excludes halogenated alkanes) is 1. The highest BCUT2D eigenvalue weighted by Crippen LogP contribution is 2.48. The Morgan fingerprint density at radius 2 is 1.88 bits per heavy atom. The van der Waals surface area contributed by atoms with Crippen molar-refractivity contribution in [2.45, 2.75) is 38.0 Å². The van der Waals surface area contributed by atoms with Crippen LogP contribution in [0, 0.1) is 0 Å². The summed E-state index contributed by atoms with van der Waals surface area (Å²) in [7, 11) is 2.24. The van der Waals surface area contributed by atoms with Crippen LogP contribution in [0.3, 0.4) is 0 Å². The topological polar surface area (TPSA) is 29.3 Å². The fourth-order valence-corrected chi connectivity index (χ4v) is 2.55. The Labute approximate surface area is 105 Å². The van der Waals surface area contributed by atoms with Crippen molar-refractivity contribution in [3.63, 3.8) is 0 Å². The van der Waals surface area contributed by atoms with Gasteiger partial charge in [0.15, 0.2) is 0 Å². The van der Waals surface area contributed by atoms with E-state index in [-0.39, 0.29) is 0 Å². The maximum absolute atomic E-state index is 5.75. The Balaban J connectivity index is 1.97. The molecule has 94 valence electrons. The molecule has 0 aliphatic heterocycles. The molecular formula is C15H24N2. The molecule has 2 heteroatoms. The molecule has 1 fully saturated rings. The molecule has 0 amide bonds. The summed E-state index contributed by atoms with van der Waals surface area (Å²) < 4.78 is 0. The molecule has 0 bridgehead atoms. The zero-order chi connectivity index (χ0) is 12.3. The van der Waals surface area contributed by atoms with E-state index in [0.29, 0.717) is 5.41 Å². The van der Waals surface area contributed by atoms with Gasteiger partial charge in [-0.2, -0.15) is 0 Å². The van der Waals surface area contributed by atoms with Gasteiger partial charge in [-0.25, -0.2) is 0 Å². The van der Waals surface area contributed by atoms with Crippen LogP contribution in [0.5, 0.6) is 0 Å². The molecule has 0 saturated heterocycles. The lowest BCUT2D eigenvalue weighted by Gasteiger charge is -2.24. The maximum Gasteiger partial charge on any atom is 0.0314 e. The molecule has 0 atom stereocenters. The summed E-state index contributed by atoms with van der Waals surface area (Å²) in [6, 6.07) is 8.47. The number of nitrogens with two attached hydrogens (primary N) is 1. The largest absolute Gasteiger partial charge is 0.399 e. The van der Waals surface area contributed by atoms with E-state index in [2.05, 4.69) is 31.0 Å². The van der Waals surface area contributed by atoms with Crippen molar-refractivity contribution >= 4 is 5.69 Å². The number of nitrogens with zero attached hydrogens (tertiary/aromatic N) is 1. The van der Waals surface area contributed by atoms with E-state index in [1.807, 2.05) is 12.1 Å². The van der Waals surface area contributed by atoms with Gasteiger partial charge in [0.2, 0.25) is 0 Å². The molecule has 17 heavy (non-hydrogen) atoms. The van der Waals surface area contributed by atoms with Gasteiger partial charge in [-0.1, -0.05) is 25.5 Å². The highest BCUT2D eigenvalue weighted by Gasteiger charge is 2.44. The van der Waals surface area contributed by atoms with Crippen molar-refractivity contribution in [2.75, 3.05) is 25.9 Å². The van der Waals surface area contributed by atoms with E-state index in [1.54, 1.807) is 0 Å². The molecule has 1 aromatic rings. The molecule has 1 saturated carbocycles. The number of rotatable bonds is 6. The standard InChI is InChI=1S/C15H24N2/c1-3-4-11-17(2)12-15(9-10-15)13-5-7-14(16)8-6-13/h5-8H,3-4,9-12,16H2,1-2H3. The van der Waals surface area contributed by atoms with Gasteiger partial charge in [-0.3, -0.25) is 0 Å². The molecule has 0 unspecified atom stereocenters. The molecule has 0 spiro atoms. The van der Waals surface area contributed by atoms with E-state index in [0.717, 1.165) is 5.69 Å². The second kappa shape index (κ2) is 5.09. The quantitative estimate of drug-likeness (QED) is 0.764. The van der Waals surface area contributed by atoms with Gasteiger partial charge < -0.3 is 10.6 Å². The van der Waals surface area contributed by atoms with Gasteiger partial charge in [0, 0.05) is 17.6 Å². The summed E-state index contributed by atoms with van der Waals surface area (Å²) in [5, 5.41) is 0. The zero-order valence-electron chi connectivity index (χ0n) is 11.1. The zero-order valence-corrected chi connectivity index (χ0v) is 11.1. The third-order valence-electron chi connectivity index (χ3n) is 3.84. The van der Waals surface area contributed by atoms with E-state index >= 15 is 0 Å². The molecule has 2 N–H and O–H groups in total. The van der Waals surface area contributed by atoms with Crippen molar-refractivity contribution in [3.8, 4) is 0 Å². The highest BCUT2D eigenvalue weighted by atomic mass is 15.1. The fourth-order valence-electron chi connectivity index (χ4n) is 2.55. The average molecular weight is 232 g/mol. The lowest BCUT2D eigenvalue weighted by Crippen LogP contribution is -2.30. The van der Waals surface area contributed by atoms with Gasteiger partial charge in [0.25, 0.3) is 0 Å². The maximum atomic E-state index is 5.75. The second-order valence-corrected chi connectivity index (χ2v) is 5.49. The van der Waals surface area contributed by atoms with Crippen molar-refractivity contribution in [1.29, 1.82) is 0 Å². The van der Waals surface area contributed by atoms with Crippen LogP contribution in [0.4, 0.5) is 5.69 Å². The summed E-state index contributed by atoms with van der Waals surface area (Å²) in [4.78, 5) is 2.48. The first kappa shape index (κ1) is 12.4. The van der Waals surface area contributed by atoms with E-state index in [4.69, 9.17) is 5.73 Å². The highest BCUT2D eigenvalue weighted by molar-refractivity contribution is 5.43. The monoisotopic (exact) mass is 232 g/mol. The van der Waals surface area contributed by atoms with Crippen LogP contribution in [0.25, 0.3) is 0 Å². The van der Waals surface area contributed by atoms with E-state index in [9.17, 15) is 0 Å². The van der Waals surface area contributed by atoms with Crippen LogP contribution in [0.1, 0.15) is 38.2 Å². The third-order valence-corrected chi connectivity index (χ3v) is 3.84. The van der Waals surface area contributed by atoms with Crippen molar-refractivity contribution in [1.82, 2.24) is 4.90 Å². The molecule has 0 aromatic heterocycles. The first-order valence-electron chi connectivity index (χ1n) is 6.71. The van der Waals surface area contributed by atoms with Gasteiger partial charge in [-0.05, 0) is 50.6 Å². The molecular weight excluding hydrogens is 208 g/mol. The number of anilines is 1. The number of benzene rings is 1. The minimum atomic E-state index is 0.427. The molecule has 0 radical (unpaired) electrons.